The van der Waals surface area contributed by atoms with E-state index in [1.54, 1.807) is 0 Å². The maximum Gasteiger partial charge on any atom is 0.506 e. The standard InChI is InChI=1S/C15H36NO5Si/c1-5-19-22(20-6-2,21-7-3)15-12-16(4,10-8-13-17)11-9-14-18/h17-18H,5-15H2,1-4H3/q+1. The van der Waals surface area contributed by atoms with Crippen molar-refractivity contribution in [2.45, 2.75) is 39.7 Å². The van der Waals surface area contributed by atoms with Gasteiger partial charge in [0, 0.05) is 45.9 Å². The summed E-state index contributed by atoms with van der Waals surface area (Å²) < 4.78 is 18.5. The van der Waals surface area contributed by atoms with Gasteiger partial charge in [-0.2, -0.15) is 0 Å². The van der Waals surface area contributed by atoms with Crippen molar-refractivity contribution in [2.24, 2.45) is 0 Å². The summed E-state index contributed by atoms with van der Waals surface area (Å²) in [4.78, 5) is 0. The Kier molecular flexibility index (Phi) is 12.4. The van der Waals surface area contributed by atoms with E-state index >= 15 is 0 Å². The van der Waals surface area contributed by atoms with Crippen LogP contribution >= 0.6 is 0 Å². The Morgan fingerprint density at radius 3 is 1.50 bits per heavy atom. The largest absolute Gasteiger partial charge is 0.506 e. The molecule has 0 bridgehead atoms. The third kappa shape index (κ3) is 8.57. The first-order chi connectivity index (χ1) is 10.5. The minimum atomic E-state index is -2.62. The first kappa shape index (κ1) is 22.0. The van der Waals surface area contributed by atoms with Gasteiger partial charge in [0.1, 0.15) is 0 Å². The Hall–Kier alpha value is -0.0231. The lowest BCUT2D eigenvalue weighted by Crippen LogP contribution is -2.53. The molecule has 22 heavy (non-hydrogen) atoms. The van der Waals surface area contributed by atoms with Gasteiger partial charge in [0.05, 0.1) is 32.7 Å². The number of hydrogen-bond acceptors (Lipinski definition) is 5. The maximum absolute atomic E-state index is 9.11. The molecule has 0 saturated carbocycles. The van der Waals surface area contributed by atoms with E-state index in [-0.39, 0.29) is 13.2 Å². The Labute approximate surface area is 136 Å². The van der Waals surface area contributed by atoms with E-state index in [1.807, 2.05) is 20.8 Å². The average Bonchev–Trinajstić information content (AvgIpc) is 2.50. The maximum atomic E-state index is 9.11. The lowest BCUT2D eigenvalue weighted by Gasteiger charge is -2.37. The molecular formula is C15H36NO5Si+. The Morgan fingerprint density at radius 1 is 0.773 bits per heavy atom. The summed E-state index contributed by atoms with van der Waals surface area (Å²) in [5, 5.41) is 18.2. The van der Waals surface area contributed by atoms with Crippen LogP contribution in [0.1, 0.15) is 33.6 Å². The van der Waals surface area contributed by atoms with E-state index < -0.39 is 8.80 Å². The van der Waals surface area contributed by atoms with E-state index in [0.29, 0.717) is 19.8 Å². The molecule has 6 nitrogen and oxygen atoms in total. The monoisotopic (exact) mass is 338 g/mol. The van der Waals surface area contributed by atoms with Crippen molar-refractivity contribution in [1.82, 2.24) is 0 Å². The Bertz CT molecular complexity index is 243. The second-order valence-corrected chi connectivity index (χ2v) is 8.41. The molecule has 0 radical (unpaired) electrons. The highest BCUT2D eigenvalue weighted by atomic mass is 28.4. The molecule has 0 spiro atoms. The fraction of sp³-hybridized carbons (Fsp3) is 1.00. The fourth-order valence-corrected chi connectivity index (χ4v) is 5.46. The van der Waals surface area contributed by atoms with Crippen LogP contribution in [0.2, 0.25) is 6.04 Å². The van der Waals surface area contributed by atoms with E-state index in [0.717, 1.165) is 43.0 Å². The van der Waals surface area contributed by atoms with Gasteiger partial charge < -0.3 is 28.0 Å². The van der Waals surface area contributed by atoms with Crippen LogP contribution in [0.3, 0.4) is 0 Å². The average molecular weight is 339 g/mol. The fourth-order valence-electron chi connectivity index (χ4n) is 2.65. The summed E-state index contributed by atoms with van der Waals surface area (Å²) in [5.41, 5.74) is 0. The molecule has 0 aliphatic carbocycles. The summed E-state index contributed by atoms with van der Waals surface area (Å²) in [6.07, 6.45) is 1.52. The van der Waals surface area contributed by atoms with Gasteiger partial charge in [0.25, 0.3) is 0 Å². The van der Waals surface area contributed by atoms with Crippen molar-refractivity contribution in [3.8, 4) is 0 Å². The highest BCUT2D eigenvalue weighted by Crippen LogP contribution is 2.19. The van der Waals surface area contributed by atoms with Gasteiger partial charge in [-0.3, -0.25) is 0 Å². The van der Waals surface area contributed by atoms with Crippen molar-refractivity contribution in [3.05, 3.63) is 0 Å². The number of aliphatic hydroxyl groups is 2. The number of nitrogens with zero attached hydrogens (tertiary/aromatic N) is 1. The molecule has 0 atom stereocenters. The molecule has 0 aliphatic heterocycles. The molecule has 2 N–H and O–H groups in total. The summed E-state index contributed by atoms with van der Waals surface area (Å²) in [7, 11) is -0.463. The third-order valence-corrected chi connectivity index (χ3v) is 6.78. The summed E-state index contributed by atoms with van der Waals surface area (Å²) in [6.45, 7) is 10.7. The summed E-state index contributed by atoms with van der Waals surface area (Å²) in [6, 6.07) is 0.760. The van der Waals surface area contributed by atoms with Crippen LogP contribution in [-0.2, 0) is 13.3 Å². The Balaban J connectivity index is 4.82. The molecule has 0 amide bonds. The minimum absolute atomic E-state index is 0.192. The first-order valence-electron chi connectivity index (χ1n) is 8.48. The number of rotatable bonds is 15. The number of aliphatic hydroxyl groups excluding tert-OH is 2. The lowest BCUT2D eigenvalue weighted by atomic mass is 10.3. The van der Waals surface area contributed by atoms with Crippen LogP contribution in [0.25, 0.3) is 0 Å². The second-order valence-electron chi connectivity index (χ2n) is 5.68. The molecule has 0 unspecified atom stereocenters. The van der Waals surface area contributed by atoms with Crippen LogP contribution in [0.5, 0.6) is 0 Å². The van der Waals surface area contributed by atoms with Crippen molar-refractivity contribution in [2.75, 3.05) is 59.7 Å². The zero-order chi connectivity index (χ0) is 16.9. The molecule has 134 valence electrons. The molecule has 0 saturated heterocycles. The molecule has 0 aromatic heterocycles. The van der Waals surface area contributed by atoms with E-state index in [2.05, 4.69) is 7.05 Å². The van der Waals surface area contributed by atoms with E-state index in [9.17, 15) is 0 Å². The van der Waals surface area contributed by atoms with Gasteiger partial charge in [0.2, 0.25) is 0 Å². The molecule has 0 aromatic rings. The summed E-state index contributed by atoms with van der Waals surface area (Å²) >= 11 is 0. The smallest absolute Gasteiger partial charge is 0.396 e. The van der Waals surface area contributed by atoms with Crippen LogP contribution < -0.4 is 0 Å². The van der Waals surface area contributed by atoms with Gasteiger partial charge >= 0.3 is 8.80 Å². The molecular weight excluding hydrogens is 302 g/mol. The quantitative estimate of drug-likeness (QED) is 0.347. The normalized spacial score (nSPS) is 12.8. The predicted molar refractivity (Wildman–Crippen MR) is 89.6 cm³/mol. The molecule has 7 heteroatoms. The van der Waals surface area contributed by atoms with Crippen molar-refractivity contribution < 1.29 is 28.0 Å². The number of hydrogen-bond donors (Lipinski definition) is 2. The van der Waals surface area contributed by atoms with E-state index in [1.165, 1.54) is 0 Å². The van der Waals surface area contributed by atoms with Crippen LogP contribution in [0.4, 0.5) is 0 Å². The highest BCUT2D eigenvalue weighted by Gasteiger charge is 2.42. The Morgan fingerprint density at radius 2 is 1.18 bits per heavy atom. The second kappa shape index (κ2) is 12.4. The van der Waals surface area contributed by atoms with Crippen molar-refractivity contribution >= 4 is 8.80 Å². The van der Waals surface area contributed by atoms with Gasteiger partial charge in [-0.1, -0.05) is 0 Å². The topological polar surface area (TPSA) is 68.2 Å². The predicted octanol–water partition coefficient (Wildman–Crippen LogP) is 1.25. The van der Waals surface area contributed by atoms with Gasteiger partial charge in [-0.15, -0.1) is 0 Å². The molecule has 0 aromatic carbocycles. The van der Waals surface area contributed by atoms with Crippen molar-refractivity contribution in [1.29, 1.82) is 0 Å². The first-order valence-corrected chi connectivity index (χ1v) is 10.4. The van der Waals surface area contributed by atoms with Crippen molar-refractivity contribution in [3.63, 3.8) is 0 Å². The highest BCUT2D eigenvalue weighted by molar-refractivity contribution is 6.60. The van der Waals surface area contributed by atoms with Gasteiger partial charge in [-0.25, -0.2) is 0 Å². The lowest BCUT2D eigenvalue weighted by molar-refractivity contribution is -0.908. The van der Waals surface area contributed by atoms with Crippen LogP contribution in [0, 0.1) is 0 Å². The minimum Gasteiger partial charge on any atom is -0.396 e. The zero-order valence-electron chi connectivity index (χ0n) is 14.8. The zero-order valence-corrected chi connectivity index (χ0v) is 15.8. The molecule has 0 fully saturated rings. The molecule has 0 heterocycles. The van der Waals surface area contributed by atoms with Crippen LogP contribution in [-0.4, -0.2) is 83.2 Å². The molecule has 0 aliphatic rings. The number of quaternary nitrogens is 1. The molecule has 0 rings (SSSR count). The third-order valence-electron chi connectivity index (χ3n) is 3.76. The van der Waals surface area contributed by atoms with E-state index in [4.69, 9.17) is 23.5 Å². The van der Waals surface area contributed by atoms with Crippen LogP contribution in [0.15, 0.2) is 0 Å². The summed E-state index contributed by atoms with van der Waals surface area (Å²) in [5.74, 6) is 0. The SMILES string of the molecule is CCO[Si](CC[N+](C)(CCCO)CCCO)(OCC)OCC. The van der Waals surface area contributed by atoms with Gasteiger partial charge in [0.15, 0.2) is 0 Å². The van der Waals surface area contributed by atoms with Gasteiger partial charge in [-0.05, 0) is 20.8 Å².